The van der Waals surface area contributed by atoms with Gasteiger partial charge in [-0.25, -0.2) is 9.79 Å². The van der Waals surface area contributed by atoms with Gasteiger partial charge in [0.1, 0.15) is 0 Å². The van der Waals surface area contributed by atoms with Crippen LogP contribution in [0.15, 0.2) is 17.3 Å². The number of nitrogens with zero attached hydrogens (tertiary/aromatic N) is 1. The molecule has 0 amide bonds. The number of rotatable bonds is 3. The van der Waals surface area contributed by atoms with Crippen LogP contribution in [-0.2, 0) is 4.79 Å². The second kappa shape index (κ2) is 3.50. The molecule has 0 atom stereocenters. The highest BCUT2D eigenvalue weighted by Crippen LogP contribution is 1.94. The van der Waals surface area contributed by atoms with E-state index in [4.69, 9.17) is 16.2 Å². The van der Waals surface area contributed by atoms with Gasteiger partial charge in [-0.1, -0.05) is 6.58 Å². The first kappa shape index (κ1) is 9.35. The third-order valence-corrected chi connectivity index (χ3v) is 0.814. The number of hydrogen-bond acceptors (Lipinski definition) is 3. The SMILES string of the molecule is C=C(N=C(C)N)C(=N)C(=O)O. The second-order valence-corrected chi connectivity index (χ2v) is 1.88. The van der Waals surface area contributed by atoms with Crippen molar-refractivity contribution in [2.75, 3.05) is 0 Å². The number of carboxylic acids is 1. The maximum Gasteiger partial charge on any atom is 0.356 e. The van der Waals surface area contributed by atoms with Gasteiger partial charge in [0.05, 0.1) is 11.5 Å². The molecular formula is C6H9N3O2. The molecule has 0 unspecified atom stereocenters. The zero-order valence-electron chi connectivity index (χ0n) is 6.09. The highest BCUT2D eigenvalue weighted by atomic mass is 16.4. The summed E-state index contributed by atoms with van der Waals surface area (Å²) < 4.78 is 0. The highest BCUT2D eigenvalue weighted by Gasteiger charge is 2.09. The number of nitrogens with one attached hydrogen (secondary N) is 1. The van der Waals surface area contributed by atoms with Crippen LogP contribution in [0.5, 0.6) is 0 Å². The average molecular weight is 155 g/mol. The number of amidine groups is 1. The normalized spacial score (nSPS) is 10.8. The standard InChI is InChI=1S/C6H9N3O2/c1-3(9-4(2)7)5(8)6(10)11/h8H,1H2,2H3,(H2,7,9)(H,10,11). The Morgan fingerprint density at radius 3 is 2.45 bits per heavy atom. The van der Waals surface area contributed by atoms with Crippen molar-refractivity contribution >= 4 is 17.5 Å². The average Bonchev–Trinajstić information content (AvgIpc) is 1.84. The largest absolute Gasteiger partial charge is 0.476 e. The summed E-state index contributed by atoms with van der Waals surface area (Å²) in [5, 5.41) is 15.2. The van der Waals surface area contributed by atoms with Gasteiger partial charge in [0.25, 0.3) is 0 Å². The van der Waals surface area contributed by atoms with Gasteiger partial charge < -0.3 is 10.8 Å². The fourth-order valence-corrected chi connectivity index (χ4v) is 0.392. The summed E-state index contributed by atoms with van der Waals surface area (Å²) in [6.45, 7) is 4.73. The van der Waals surface area contributed by atoms with Crippen LogP contribution >= 0.6 is 0 Å². The molecule has 0 bridgehead atoms. The first-order valence-electron chi connectivity index (χ1n) is 2.77. The van der Waals surface area contributed by atoms with Gasteiger partial charge in [0.2, 0.25) is 0 Å². The van der Waals surface area contributed by atoms with E-state index in [0.717, 1.165) is 0 Å². The number of nitrogens with two attached hydrogens (primary N) is 1. The number of aliphatic carboxylic acids is 1. The summed E-state index contributed by atoms with van der Waals surface area (Å²) in [5.74, 6) is -1.18. The molecule has 0 aliphatic carbocycles. The van der Waals surface area contributed by atoms with Crippen molar-refractivity contribution in [1.29, 1.82) is 5.41 Å². The van der Waals surface area contributed by atoms with E-state index in [9.17, 15) is 4.79 Å². The maximum atomic E-state index is 10.1. The summed E-state index contributed by atoms with van der Waals surface area (Å²) in [4.78, 5) is 13.6. The van der Waals surface area contributed by atoms with Crippen molar-refractivity contribution < 1.29 is 9.90 Å². The van der Waals surface area contributed by atoms with Gasteiger partial charge in [-0.3, -0.25) is 5.41 Å². The van der Waals surface area contributed by atoms with Gasteiger partial charge in [0.15, 0.2) is 5.71 Å². The van der Waals surface area contributed by atoms with Crippen molar-refractivity contribution in [3.63, 3.8) is 0 Å². The van der Waals surface area contributed by atoms with Crippen molar-refractivity contribution in [3.8, 4) is 0 Å². The van der Waals surface area contributed by atoms with E-state index >= 15 is 0 Å². The smallest absolute Gasteiger partial charge is 0.356 e. The van der Waals surface area contributed by atoms with Crippen LogP contribution in [0, 0.1) is 5.41 Å². The van der Waals surface area contributed by atoms with Crippen LogP contribution in [0.25, 0.3) is 0 Å². The zero-order chi connectivity index (χ0) is 9.02. The molecule has 0 aliphatic rings. The molecule has 0 spiro atoms. The quantitative estimate of drug-likeness (QED) is 0.394. The molecule has 0 aromatic heterocycles. The molecule has 4 N–H and O–H groups in total. The molecule has 0 aromatic rings. The molecule has 5 heteroatoms. The van der Waals surface area contributed by atoms with E-state index in [2.05, 4.69) is 11.6 Å². The summed E-state index contributed by atoms with van der Waals surface area (Å²) in [5.41, 5.74) is 4.35. The summed E-state index contributed by atoms with van der Waals surface area (Å²) >= 11 is 0. The minimum absolute atomic E-state index is 0.141. The van der Waals surface area contributed by atoms with Crippen molar-refractivity contribution in [2.24, 2.45) is 10.7 Å². The van der Waals surface area contributed by atoms with Crippen LogP contribution in [0.4, 0.5) is 0 Å². The van der Waals surface area contributed by atoms with Crippen molar-refractivity contribution in [1.82, 2.24) is 0 Å². The predicted octanol–water partition coefficient (Wildman–Crippen LogP) is -0.0184. The lowest BCUT2D eigenvalue weighted by Gasteiger charge is -1.96. The predicted molar refractivity (Wildman–Crippen MR) is 41.8 cm³/mol. The van der Waals surface area contributed by atoms with Gasteiger partial charge in [-0.05, 0) is 6.92 Å². The van der Waals surface area contributed by atoms with Crippen LogP contribution in [-0.4, -0.2) is 22.6 Å². The lowest BCUT2D eigenvalue weighted by Crippen LogP contribution is -2.15. The maximum absolute atomic E-state index is 10.1. The van der Waals surface area contributed by atoms with Gasteiger partial charge in [-0.15, -0.1) is 0 Å². The van der Waals surface area contributed by atoms with Gasteiger partial charge in [0, 0.05) is 0 Å². The second-order valence-electron chi connectivity index (χ2n) is 1.88. The molecule has 0 radical (unpaired) electrons. The molecule has 0 aromatic carbocycles. The number of aliphatic imine (C=N–C) groups is 1. The Kier molecular flexibility index (Phi) is 2.98. The summed E-state index contributed by atoms with van der Waals surface area (Å²) in [7, 11) is 0. The molecule has 11 heavy (non-hydrogen) atoms. The zero-order valence-corrected chi connectivity index (χ0v) is 6.09. The Bertz CT molecular complexity index is 238. The fourth-order valence-electron chi connectivity index (χ4n) is 0.392. The van der Waals surface area contributed by atoms with E-state index in [1.54, 1.807) is 0 Å². The number of hydrogen-bond donors (Lipinski definition) is 3. The monoisotopic (exact) mass is 155 g/mol. The van der Waals surface area contributed by atoms with E-state index in [0.29, 0.717) is 0 Å². The Hall–Kier alpha value is -1.65. The molecule has 60 valence electrons. The summed E-state index contributed by atoms with van der Waals surface area (Å²) in [6, 6.07) is 0. The van der Waals surface area contributed by atoms with E-state index in [1.165, 1.54) is 6.92 Å². The van der Waals surface area contributed by atoms with Crippen LogP contribution in [0.2, 0.25) is 0 Å². The summed E-state index contributed by atoms with van der Waals surface area (Å²) in [6.07, 6.45) is 0. The lowest BCUT2D eigenvalue weighted by molar-refractivity contribution is -0.129. The fraction of sp³-hybridized carbons (Fsp3) is 0.167. The third-order valence-electron chi connectivity index (χ3n) is 0.814. The molecule has 0 saturated heterocycles. The van der Waals surface area contributed by atoms with E-state index in [-0.39, 0.29) is 11.5 Å². The van der Waals surface area contributed by atoms with Gasteiger partial charge >= 0.3 is 5.97 Å². The first-order valence-corrected chi connectivity index (χ1v) is 2.77. The molecule has 0 saturated carbocycles. The van der Waals surface area contributed by atoms with E-state index in [1.807, 2.05) is 0 Å². The highest BCUT2D eigenvalue weighted by molar-refractivity contribution is 6.41. The van der Waals surface area contributed by atoms with E-state index < -0.39 is 11.7 Å². The van der Waals surface area contributed by atoms with Crippen LogP contribution < -0.4 is 5.73 Å². The Balaban J connectivity index is 4.41. The Morgan fingerprint density at radius 1 is 1.73 bits per heavy atom. The van der Waals surface area contributed by atoms with Crippen LogP contribution in [0.1, 0.15) is 6.92 Å². The van der Waals surface area contributed by atoms with Crippen LogP contribution in [0.3, 0.4) is 0 Å². The molecule has 0 aliphatic heterocycles. The Morgan fingerprint density at radius 2 is 2.18 bits per heavy atom. The molecule has 0 rings (SSSR count). The third kappa shape index (κ3) is 3.14. The Labute approximate surface area is 63.8 Å². The van der Waals surface area contributed by atoms with Crippen molar-refractivity contribution in [3.05, 3.63) is 12.3 Å². The minimum atomic E-state index is -1.36. The van der Waals surface area contributed by atoms with Crippen molar-refractivity contribution in [2.45, 2.75) is 6.92 Å². The minimum Gasteiger partial charge on any atom is -0.476 e. The topological polar surface area (TPSA) is 99.5 Å². The molecule has 0 fully saturated rings. The lowest BCUT2D eigenvalue weighted by atomic mass is 10.3. The first-order chi connectivity index (χ1) is 4.95. The number of carbonyl (C=O) groups is 1. The molecule has 0 heterocycles. The molecular weight excluding hydrogens is 146 g/mol. The van der Waals surface area contributed by atoms with Gasteiger partial charge in [-0.2, -0.15) is 0 Å². The number of carboxylic acid groups (broad SMARTS) is 1. The molecule has 5 nitrogen and oxygen atoms in total.